The summed E-state index contributed by atoms with van der Waals surface area (Å²) in [5.41, 5.74) is 2.36. The van der Waals surface area contributed by atoms with Gasteiger partial charge in [0.1, 0.15) is 6.04 Å². The molecule has 0 saturated carbocycles. The maximum atomic E-state index is 12.1. The summed E-state index contributed by atoms with van der Waals surface area (Å²) in [4.78, 5) is 25.6. The van der Waals surface area contributed by atoms with Gasteiger partial charge >= 0.3 is 6.03 Å². The van der Waals surface area contributed by atoms with Gasteiger partial charge in [-0.2, -0.15) is 0 Å². The van der Waals surface area contributed by atoms with E-state index in [9.17, 15) is 9.59 Å². The Bertz CT molecular complexity index is 502. The van der Waals surface area contributed by atoms with Crippen LogP contribution in [0.5, 0.6) is 0 Å². The molecular formula is C15H21N3O2. The zero-order valence-corrected chi connectivity index (χ0v) is 12.0. The smallest absolute Gasteiger partial charge is 0.321 e. The summed E-state index contributed by atoms with van der Waals surface area (Å²) in [6.07, 6.45) is 2.06. The molecule has 108 valence electrons. The van der Waals surface area contributed by atoms with Crippen LogP contribution in [0, 0.1) is 0 Å². The fourth-order valence-electron chi connectivity index (χ4n) is 2.53. The van der Waals surface area contributed by atoms with E-state index >= 15 is 0 Å². The van der Waals surface area contributed by atoms with Crippen molar-refractivity contribution in [2.45, 2.75) is 32.7 Å². The first-order valence-electron chi connectivity index (χ1n) is 7.06. The van der Waals surface area contributed by atoms with Gasteiger partial charge in [0.15, 0.2) is 0 Å². The zero-order valence-electron chi connectivity index (χ0n) is 12.0. The number of aryl methyl sites for hydroxylation is 1. The van der Waals surface area contributed by atoms with Crippen LogP contribution in [-0.2, 0) is 11.2 Å². The molecule has 0 saturated heterocycles. The quantitative estimate of drug-likeness (QED) is 0.882. The number of amides is 3. The number of para-hydroxylation sites is 1. The second-order valence-electron chi connectivity index (χ2n) is 4.95. The first-order chi connectivity index (χ1) is 9.63. The molecular weight excluding hydrogens is 254 g/mol. The van der Waals surface area contributed by atoms with E-state index in [1.54, 1.807) is 0 Å². The van der Waals surface area contributed by atoms with E-state index in [2.05, 4.69) is 21.6 Å². The summed E-state index contributed by atoms with van der Waals surface area (Å²) in [5.74, 6) is -0.271. The molecule has 1 aliphatic heterocycles. The van der Waals surface area contributed by atoms with Crippen molar-refractivity contribution in [3.8, 4) is 0 Å². The maximum Gasteiger partial charge on any atom is 0.321 e. The molecule has 5 heteroatoms. The number of hydrogen-bond donors (Lipinski definition) is 2. The topological polar surface area (TPSA) is 61.4 Å². The Morgan fingerprint density at radius 3 is 2.85 bits per heavy atom. The molecule has 0 bridgehead atoms. The largest absolute Gasteiger partial charge is 0.360 e. The molecule has 0 fully saturated rings. The predicted octanol–water partition coefficient (Wildman–Crippen LogP) is 1.67. The number of imide groups is 1. The Kier molecular flexibility index (Phi) is 4.61. The molecule has 1 aromatic rings. The van der Waals surface area contributed by atoms with Gasteiger partial charge in [0.2, 0.25) is 5.91 Å². The lowest BCUT2D eigenvalue weighted by Gasteiger charge is -2.35. The van der Waals surface area contributed by atoms with E-state index in [1.807, 2.05) is 32.0 Å². The lowest BCUT2D eigenvalue weighted by molar-refractivity contribution is -0.121. The van der Waals surface area contributed by atoms with Crippen LogP contribution in [0.3, 0.4) is 0 Å². The molecule has 20 heavy (non-hydrogen) atoms. The van der Waals surface area contributed by atoms with Crippen LogP contribution in [0.15, 0.2) is 24.3 Å². The van der Waals surface area contributed by atoms with Gasteiger partial charge in [-0.3, -0.25) is 10.1 Å². The van der Waals surface area contributed by atoms with Crippen molar-refractivity contribution in [2.75, 3.05) is 18.0 Å². The number of rotatable bonds is 3. The van der Waals surface area contributed by atoms with E-state index in [-0.39, 0.29) is 11.9 Å². The first-order valence-corrected chi connectivity index (χ1v) is 7.06. The molecule has 5 nitrogen and oxygen atoms in total. The first kappa shape index (κ1) is 14.4. The van der Waals surface area contributed by atoms with Crippen molar-refractivity contribution in [1.29, 1.82) is 0 Å². The Morgan fingerprint density at radius 2 is 2.10 bits per heavy atom. The van der Waals surface area contributed by atoms with Crippen molar-refractivity contribution in [3.05, 3.63) is 29.8 Å². The highest BCUT2D eigenvalue weighted by atomic mass is 16.2. The molecule has 1 aliphatic rings. The fraction of sp³-hybridized carbons (Fsp3) is 0.467. The van der Waals surface area contributed by atoms with Gasteiger partial charge in [0.25, 0.3) is 0 Å². The highest BCUT2D eigenvalue weighted by molar-refractivity contribution is 5.98. The van der Waals surface area contributed by atoms with E-state index in [0.29, 0.717) is 6.54 Å². The van der Waals surface area contributed by atoms with Crippen LogP contribution in [0.4, 0.5) is 10.5 Å². The molecule has 0 radical (unpaired) electrons. The number of hydrogen-bond acceptors (Lipinski definition) is 3. The number of fused-ring (bicyclic) bond motifs is 1. The minimum absolute atomic E-state index is 0.271. The highest BCUT2D eigenvalue weighted by Gasteiger charge is 2.26. The van der Waals surface area contributed by atoms with Gasteiger partial charge < -0.3 is 10.2 Å². The summed E-state index contributed by atoms with van der Waals surface area (Å²) in [6.45, 7) is 4.98. The van der Waals surface area contributed by atoms with Gasteiger partial charge in [-0.25, -0.2) is 4.79 Å². The standard InChI is InChI=1S/C15H21N3O2/c1-3-16-15(20)17-14(19)11(2)18-10-6-8-12-7-4-5-9-13(12)18/h4-5,7,9,11H,3,6,8,10H2,1-2H3,(H2,16,17,19,20). The summed E-state index contributed by atoms with van der Waals surface area (Å²) in [5, 5.41) is 4.94. The number of benzene rings is 1. The number of nitrogens with one attached hydrogen (secondary N) is 2. The molecule has 0 aromatic heterocycles. The van der Waals surface area contributed by atoms with Gasteiger partial charge in [-0.1, -0.05) is 18.2 Å². The third kappa shape index (κ3) is 3.10. The van der Waals surface area contributed by atoms with Crippen molar-refractivity contribution in [2.24, 2.45) is 0 Å². The predicted molar refractivity (Wildman–Crippen MR) is 78.8 cm³/mol. The summed E-state index contributed by atoms with van der Waals surface area (Å²) in [7, 11) is 0. The van der Waals surface area contributed by atoms with Gasteiger partial charge in [-0.15, -0.1) is 0 Å². The van der Waals surface area contributed by atoms with Crippen LogP contribution in [0.2, 0.25) is 0 Å². The molecule has 2 N–H and O–H groups in total. The lowest BCUT2D eigenvalue weighted by Crippen LogP contribution is -2.51. The molecule has 2 rings (SSSR count). The summed E-state index contributed by atoms with van der Waals surface area (Å²) >= 11 is 0. The summed E-state index contributed by atoms with van der Waals surface area (Å²) < 4.78 is 0. The van der Waals surface area contributed by atoms with Crippen LogP contribution in [0.25, 0.3) is 0 Å². The van der Waals surface area contributed by atoms with Crippen LogP contribution in [-0.4, -0.2) is 31.1 Å². The SMILES string of the molecule is CCNC(=O)NC(=O)C(C)N1CCCc2ccccc21. The Morgan fingerprint density at radius 1 is 1.35 bits per heavy atom. The van der Waals surface area contributed by atoms with Crippen molar-refractivity contribution >= 4 is 17.6 Å². The van der Waals surface area contributed by atoms with E-state index in [1.165, 1.54) is 5.56 Å². The van der Waals surface area contributed by atoms with E-state index < -0.39 is 6.03 Å². The van der Waals surface area contributed by atoms with Crippen molar-refractivity contribution in [1.82, 2.24) is 10.6 Å². The second-order valence-corrected chi connectivity index (χ2v) is 4.95. The molecule has 1 unspecified atom stereocenters. The number of carbonyl (C=O) groups excluding carboxylic acids is 2. The van der Waals surface area contributed by atoms with Crippen molar-refractivity contribution < 1.29 is 9.59 Å². The molecule has 3 amide bonds. The van der Waals surface area contributed by atoms with Gasteiger partial charge in [0.05, 0.1) is 0 Å². The zero-order chi connectivity index (χ0) is 14.5. The van der Waals surface area contributed by atoms with Crippen LogP contribution < -0.4 is 15.5 Å². The molecule has 0 aliphatic carbocycles. The van der Waals surface area contributed by atoms with E-state index in [4.69, 9.17) is 0 Å². The number of anilines is 1. The van der Waals surface area contributed by atoms with Gasteiger partial charge in [0, 0.05) is 18.8 Å². The molecule has 1 aromatic carbocycles. The number of urea groups is 1. The molecule has 1 heterocycles. The Balaban J connectivity index is 2.08. The average molecular weight is 275 g/mol. The second kappa shape index (κ2) is 6.41. The average Bonchev–Trinajstić information content (AvgIpc) is 2.46. The third-order valence-corrected chi connectivity index (χ3v) is 3.57. The van der Waals surface area contributed by atoms with Crippen LogP contribution >= 0.6 is 0 Å². The molecule has 1 atom stereocenters. The van der Waals surface area contributed by atoms with E-state index in [0.717, 1.165) is 25.1 Å². The minimum atomic E-state index is -0.436. The molecule has 0 spiro atoms. The Hall–Kier alpha value is -2.04. The third-order valence-electron chi connectivity index (χ3n) is 3.57. The van der Waals surface area contributed by atoms with Crippen molar-refractivity contribution in [3.63, 3.8) is 0 Å². The maximum absolute atomic E-state index is 12.1. The Labute approximate surface area is 119 Å². The highest BCUT2D eigenvalue weighted by Crippen LogP contribution is 2.28. The van der Waals surface area contributed by atoms with Crippen LogP contribution in [0.1, 0.15) is 25.8 Å². The number of nitrogens with zero attached hydrogens (tertiary/aromatic N) is 1. The van der Waals surface area contributed by atoms with Gasteiger partial charge in [-0.05, 0) is 38.3 Å². The lowest BCUT2D eigenvalue weighted by atomic mass is 10.00. The number of carbonyl (C=O) groups is 2. The fourth-order valence-corrected chi connectivity index (χ4v) is 2.53. The minimum Gasteiger partial charge on any atom is -0.360 e. The normalized spacial score (nSPS) is 15.2. The summed E-state index contributed by atoms with van der Waals surface area (Å²) in [6, 6.07) is 7.32. The monoisotopic (exact) mass is 275 g/mol.